The molecule has 0 spiro atoms. The predicted octanol–water partition coefficient (Wildman–Crippen LogP) is 7.01. The molecule has 2 heterocycles. The minimum absolute atomic E-state index is 0.0724. The summed E-state index contributed by atoms with van der Waals surface area (Å²) in [6.45, 7) is 11.0. The van der Waals surface area contributed by atoms with Crippen molar-refractivity contribution in [2.24, 2.45) is 11.8 Å². The molecular formula is C33H37F3N4OSi. The van der Waals surface area contributed by atoms with E-state index in [1.54, 1.807) is 0 Å². The number of alkyl halides is 3. The van der Waals surface area contributed by atoms with E-state index in [1.807, 2.05) is 10.7 Å². The average molecular weight is 591 g/mol. The summed E-state index contributed by atoms with van der Waals surface area (Å²) >= 11 is 0. The highest BCUT2D eigenvalue weighted by molar-refractivity contribution is 6.99. The Kier molecular flexibility index (Phi) is 7.17. The third-order valence-electron chi connectivity index (χ3n) is 8.98. The van der Waals surface area contributed by atoms with Gasteiger partial charge in [0.15, 0.2) is 0 Å². The molecule has 2 fully saturated rings. The normalized spacial score (nSPS) is 22.4. The first kappa shape index (κ1) is 28.8. The summed E-state index contributed by atoms with van der Waals surface area (Å²) in [5.41, 5.74) is 0.763. The van der Waals surface area contributed by atoms with Crippen molar-refractivity contribution in [3.8, 4) is 11.4 Å². The second-order valence-electron chi connectivity index (χ2n) is 13.0. The van der Waals surface area contributed by atoms with Gasteiger partial charge in [-0.15, -0.1) is 0 Å². The minimum Gasteiger partial charge on any atom is -0.404 e. The lowest BCUT2D eigenvalue weighted by atomic mass is 10.1. The number of hydrogen-bond donors (Lipinski definition) is 0. The summed E-state index contributed by atoms with van der Waals surface area (Å²) in [5, 5.41) is 7.20. The molecule has 0 radical (unpaired) electrons. The quantitative estimate of drug-likeness (QED) is 0.217. The van der Waals surface area contributed by atoms with Crippen LogP contribution in [0.4, 0.5) is 13.2 Å². The fraction of sp³-hybridized carbons (Fsp3) is 0.424. The first-order chi connectivity index (χ1) is 19.9. The Hall–Kier alpha value is -3.30. The van der Waals surface area contributed by atoms with Crippen molar-refractivity contribution in [3.05, 3.63) is 90.5 Å². The Bertz CT molecular complexity index is 1500. The molecule has 9 heteroatoms. The number of benzene rings is 2. The van der Waals surface area contributed by atoms with E-state index in [9.17, 15) is 13.2 Å². The highest BCUT2D eigenvalue weighted by Crippen LogP contribution is 2.64. The van der Waals surface area contributed by atoms with E-state index in [2.05, 4.69) is 105 Å². The molecule has 2 aromatic heterocycles. The average Bonchev–Trinajstić information content (AvgIpc) is 3.27. The molecule has 5 nitrogen and oxygen atoms in total. The molecular weight excluding hydrogens is 553 g/mol. The molecule has 220 valence electrons. The zero-order valence-electron chi connectivity index (χ0n) is 24.6. The molecule has 2 saturated carbocycles. The van der Waals surface area contributed by atoms with Gasteiger partial charge in [0.25, 0.3) is 8.32 Å². The number of aromatic nitrogens is 4. The Morgan fingerprint density at radius 1 is 0.833 bits per heavy atom. The van der Waals surface area contributed by atoms with Crippen molar-refractivity contribution in [1.29, 1.82) is 0 Å². The topological polar surface area (TPSA) is 52.8 Å². The van der Waals surface area contributed by atoms with Crippen molar-refractivity contribution >= 4 is 18.7 Å². The van der Waals surface area contributed by atoms with Gasteiger partial charge < -0.3 is 4.43 Å². The largest absolute Gasteiger partial charge is 0.433 e. The van der Waals surface area contributed by atoms with Crippen LogP contribution >= 0.6 is 0 Å². The van der Waals surface area contributed by atoms with Crippen LogP contribution in [0.15, 0.2) is 79.1 Å². The summed E-state index contributed by atoms with van der Waals surface area (Å²) < 4.78 is 49.3. The van der Waals surface area contributed by atoms with Gasteiger partial charge in [-0.3, -0.25) is 4.68 Å². The van der Waals surface area contributed by atoms with Crippen LogP contribution in [-0.2, 0) is 10.6 Å². The predicted molar refractivity (Wildman–Crippen MR) is 160 cm³/mol. The van der Waals surface area contributed by atoms with Gasteiger partial charge in [-0.05, 0) is 66.1 Å². The van der Waals surface area contributed by atoms with Gasteiger partial charge in [0, 0.05) is 23.8 Å². The van der Waals surface area contributed by atoms with Crippen molar-refractivity contribution < 1.29 is 17.6 Å². The molecule has 0 amide bonds. The molecule has 0 saturated heterocycles. The van der Waals surface area contributed by atoms with Crippen LogP contribution in [0.3, 0.4) is 0 Å². The molecule has 6 rings (SSSR count). The zero-order valence-corrected chi connectivity index (χ0v) is 25.6. The Morgan fingerprint density at radius 2 is 1.40 bits per heavy atom. The highest BCUT2D eigenvalue weighted by atomic mass is 28.4. The lowest BCUT2D eigenvalue weighted by molar-refractivity contribution is -0.141. The third-order valence-corrected chi connectivity index (χ3v) is 14.1. The van der Waals surface area contributed by atoms with Crippen molar-refractivity contribution in [2.75, 3.05) is 0 Å². The number of halogens is 3. The number of nitrogens with zero attached hydrogens (tertiary/aromatic N) is 4. The van der Waals surface area contributed by atoms with Crippen LogP contribution in [0.25, 0.3) is 11.4 Å². The first-order valence-corrected chi connectivity index (χ1v) is 16.6. The first-order valence-electron chi connectivity index (χ1n) is 14.7. The highest BCUT2D eigenvalue weighted by Gasteiger charge is 2.61. The summed E-state index contributed by atoms with van der Waals surface area (Å²) in [6.07, 6.45) is -1.50. The summed E-state index contributed by atoms with van der Waals surface area (Å²) in [6, 6.07) is 24.4. The van der Waals surface area contributed by atoms with Gasteiger partial charge in [-0.2, -0.15) is 18.3 Å². The van der Waals surface area contributed by atoms with Crippen LogP contribution < -0.4 is 10.4 Å². The molecule has 4 aromatic rings. The standard InChI is InChI=1S/C33H37F3N4OSi/c1-21(2)40-29(18-28(39-40)27-19-30(33(34,35)36)38-20-37-27)31-25-16-22(17-26(25)31)41-42(32(3,4)5,23-12-8-6-9-13-23)24-14-10-7-11-15-24/h6-15,18-22,25-26,31H,16-17H2,1-5H3/t22?,25-,26+,31?. The Balaban J connectivity index is 1.27. The molecule has 0 N–H and O–H groups in total. The Morgan fingerprint density at radius 3 is 1.90 bits per heavy atom. The zero-order chi connectivity index (χ0) is 29.9. The van der Waals surface area contributed by atoms with Gasteiger partial charge >= 0.3 is 6.18 Å². The van der Waals surface area contributed by atoms with E-state index in [1.165, 1.54) is 10.4 Å². The van der Waals surface area contributed by atoms with E-state index >= 15 is 0 Å². The fourth-order valence-electron chi connectivity index (χ4n) is 7.12. The number of hydrogen-bond acceptors (Lipinski definition) is 4. The number of fused-ring (bicyclic) bond motifs is 1. The van der Waals surface area contributed by atoms with Crippen molar-refractivity contribution in [2.45, 2.75) is 76.7 Å². The van der Waals surface area contributed by atoms with Gasteiger partial charge in [0.2, 0.25) is 0 Å². The van der Waals surface area contributed by atoms with Crippen molar-refractivity contribution in [3.63, 3.8) is 0 Å². The molecule has 4 atom stereocenters. The van der Waals surface area contributed by atoms with Gasteiger partial charge in [0.05, 0.1) is 5.69 Å². The van der Waals surface area contributed by atoms with E-state index < -0.39 is 20.2 Å². The molecule has 42 heavy (non-hydrogen) atoms. The van der Waals surface area contributed by atoms with Crippen LogP contribution in [0, 0.1) is 11.8 Å². The second-order valence-corrected chi connectivity index (χ2v) is 17.3. The molecule has 0 bridgehead atoms. The van der Waals surface area contributed by atoms with E-state index in [0.29, 0.717) is 23.4 Å². The second kappa shape index (κ2) is 10.5. The van der Waals surface area contributed by atoms with Gasteiger partial charge in [-0.25, -0.2) is 9.97 Å². The van der Waals surface area contributed by atoms with Crippen molar-refractivity contribution in [1.82, 2.24) is 19.7 Å². The maximum absolute atomic E-state index is 13.3. The summed E-state index contributed by atoms with van der Waals surface area (Å²) in [5.74, 6) is 1.24. The molecule has 2 aromatic carbocycles. The minimum atomic E-state index is -4.53. The third kappa shape index (κ3) is 5.00. The summed E-state index contributed by atoms with van der Waals surface area (Å²) in [4.78, 5) is 7.53. The fourth-order valence-corrected chi connectivity index (χ4v) is 11.8. The van der Waals surface area contributed by atoms with E-state index in [0.717, 1.165) is 30.9 Å². The van der Waals surface area contributed by atoms with Crippen LogP contribution in [0.2, 0.25) is 5.04 Å². The SMILES string of the molecule is CC(C)n1nc(-c2cc(C(F)(F)F)ncn2)cc1C1[C@H]2CC(O[Si](c3ccccc3)(c3ccccc3)C(C)(C)C)C[C@@H]12. The molecule has 2 aliphatic rings. The number of rotatable bonds is 7. The van der Waals surface area contributed by atoms with Crippen LogP contribution in [0.5, 0.6) is 0 Å². The van der Waals surface area contributed by atoms with E-state index in [4.69, 9.17) is 9.52 Å². The van der Waals surface area contributed by atoms with E-state index in [-0.39, 0.29) is 22.9 Å². The molecule has 2 aliphatic carbocycles. The van der Waals surface area contributed by atoms with Crippen LogP contribution in [-0.4, -0.2) is 34.2 Å². The maximum Gasteiger partial charge on any atom is 0.433 e. The lowest BCUT2D eigenvalue weighted by Gasteiger charge is -2.45. The molecule has 2 unspecified atom stereocenters. The van der Waals surface area contributed by atoms with Crippen LogP contribution in [0.1, 0.15) is 70.8 Å². The summed E-state index contributed by atoms with van der Waals surface area (Å²) in [7, 11) is -2.64. The Labute approximate surface area is 246 Å². The van der Waals surface area contributed by atoms with Gasteiger partial charge in [0.1, 0.15) is 17.7 Å². The van der Waals surface area contributed by atoms with Gasteiger partial charge in [-0.1, -0.05) is 81.4 Å². The smallest absolute Gasteiger partial charge is 0.404 e. The lowest BCUT2D eigenvalue weighted by Crippen LogP contribution is -2.67. The maximum atomic E-state index is 13.3. The monoisotopic (exact) mass is 590 g/mol. The molecule has 0 aliphatic heterocycles.